The summed E-state index contributed by atoms with van der Waals surface area (Å²) in [5.74, 6) is 0. The molecule has 0 atom stereocenters. The molecule has 0 spiro atoms. The van der Waals surface area contributed by atoms with Crippen LogP contribution in [-0.2, 0) is 10.0 Å². The average Bonchev–Trinajstić information content (AvgIpc) is 2.05. The van der Waals surface area contributed by atoms with Gasteiger partial charge in [-0.2, -0.15) is 8.42 Å². The number of hydrogen-bond donors (Lipinski definition) is 2. The number of pyridine rings is 1. The van der Waals surface area contributed by atoms with Crippen molar-refractivity contribution >= 4 is 20.9 Å². The first-order valence-corrected chi connectivity index (χ1v) is 4.73. The van der Waals surface area contributed by atoms with E-state index < -0.39 is 15.3 Å². The van der Waals surface area contributed by atoms with Crippen molar-refractivity contribution in [2.75, 3.05) is 4.72 Å². The number of rotatable bonds is 2. The zero-order valence-electron chi connectivity index (χ0n) is 6.47. The van der Waals surface area contributed by atoms with E-state index in [0.717, 1.165) is 0 Å². The number of amides is 1. The van der Waals surface area contributed by atoms with Crippen molar-refractivity contribution < 1.29 is 13.2 Å². The smallest absolute Gasteiger partial charge is 0.354 e. The van der Waals surface area contributed by atoms with Gasteiger partial charge in [-0.25, -0.2) is 0 Å². The molecule has 0 aliphatic heterocycles. The van der Waals surface area contributed by atoms with Gasteiger partial charge >= 0.3 is 15.3 Å². The minimum absolute atomic E-state index is 0.196. The molecule has 0 aliphatic carbocycles. The lowest BCUT2D eigenvalue weighted by atomic mass is 10.4. The number of nitrogens with two attached hydrogens (primary N) is 1. The highest BCUT2D eigenvalue weighted by Gasteiger charge is 2.17. The lowest BCUT2D eigenvalue weighted by molar-refractivity contribution is 0.265. The van der Waals surface area contributed by atoms with Crippen molar-refractivity contribution in [3.05, 3.63) is 24.5 Å². The molecule has 1 amide bonds. The van der Waals surface area contributed by atoms with E-state index in [1.807, 2.05) is 4.72 Å². The second kappa shape index (κ2) is 3.40. The van der Waals surface area contributed by atoms with Crippen molar-refractivity contribution in [3.63, 3.8) is 0 Å². The largest absolute Gasteiger partial charge is 0.355 e. The number of carbonyl (C=O) groups is 1. The standard InChI is InChI=1S/C6H7N3O3S/c7-6(10)13(11,12)9-5-2-1-3-8-4-5/h1-4,9H,(H2,7,10). The summed E-state index contributed by atoms with van der Waals surface area (Å²) in [7, 11) is -4.10. The molecule has 0 bridgehead atoms. The van der Waals surface area contributed by atoms with Gasteiger partial charge in [0.05, 0.1) is 11.9 Å². The van der Waals surface area contributed by atoms with Crippen molar-refractivity contribution in [2.24, 2.45) is 5.73 Å². The third-order valence-corrected chi connectivity index (χ3v) is 2.21. The van der Waals surface area contributed by atoms with Crippen molar-refractivity contribution in [2.45, 2.75) is 0 Å². The van der Waals surface area contributed by atoms with Crippen LogP contribution >= 0.6 is 0 Å². The maximum atomic E-state index is 10.9. The fourth-order valence-electron chi connectivity index (χ4n) is 0.629. The van der Waals surface area contributed by atoms with Gasteiger partial charge in [-0.1, -0.05) is 0 Å². The molecule has 6 nitrogen and oxygen atoms in total. The van der Waals surface area contributed by atoms with Gasteiger partial charge in [-0.3, -0.25) is 14.5 Å². The molecule has 1 heterocycles. The molecule has 0 aliphatic rings. The van der Waals surface area contributed by atoms with E-state index >= 15 is 0 Å². The van der Waals surface area contributed by atoms with E-state index in [1.54, 1.807) is 0 Å². The van der Waals surface area contributed by atoms with E-state index in [9.17, 15) is 13.2 Å². The van der Waals surface area contributed by atoms with Crippen LogP contribution in [-0.4, -0.2) is 18.6 Å². The summed E-state index contributed by atoms with van der Waals surface area (Å²) >= 11 is 0. The highest BCUT2D eigenvalue weighted by molar-refractivity contribution is 8.07. The molecular formula is C6H7N3O3S. The SMILES string of the molecule is NC(=O)S(=O)(=O)Nc1cccnc1. The second-order valence-electron chi connectivity index (χ2n) is 2.17. The highest BCUT2D eigenvalue weighted by Crippen LogP contribution is 2.05. The normalized spacial score (nSPS) is 10.8. The number of hydrogen-bond acceptors (Lipinski definition) is 4. The molecule has 0 aromatic carbocycles. The van der Waals surface area contributed by atoms with Crippen LogP contribution in [0.1, 0.15) is 0 Å². The van der Waals surface area contributed by atoms with Crippen LogP contribution < -0.4 is 10.5 Å². The summed E-state index contributed by atoms with van der Waals surface area (Å²) in [4.78, 5) is 14.0. The minimum Gasteiger partial charge on any atom is -0.355 e. The molecule has 1 aromatic heterocycles. The molecule has 1 rings (SSSR count). The van der Waals surface area contributed by atoms with Crippen LogP contribution in [0.4, 0.5) is 10.5 Å². The van der Waals surface area contributed by atoms with E-state index in [-0.39, 0.29) is 5.69 Å². The van der Waals surface area contributed by atoms with Gasteiger partial charge in [-0.15, -0.1) is 0 Å². The van der Waals surface area contributed by atoms with Crippen LogP contribution in [0.25, 0.3) is 0 Å². The Balaban J connectivity index is 2.88. The van der Waals surface area contributed by atoms with Gasteiger partial charge in [-0.05, 0) is 12.1 Å². The van der Waals surface area contributed by atoms with Crippen LogP contribution in [0.2, 0.25) is 0 Å². The molecule has 70 valence electrons. The van der Waals surface area contributed by atoms with Gasteiger partial charge < -0.3 is 5.73 Å². The molecular weight excluding hydrogens is 194 g/mol. The molecule has 3 N–H and O–H groups in total. The summed E-state index contributed by atoms with van der Waals surface area (Å²) in [5, 5.41) is -1.42. The summed E-state index contributed by atoms with van der Waals surface area (Å²) in [6.07, 6.45) is 2.74. The third-order valence-electron chi connectivity index (χ3n) is 1.18. The highest BCUT2D eigenvalue weighted by atomic mass is 32.2. The van der Waals surface area contributed by atoms with E-state index in [0.29, 0.717) is 0 Å². The molecule has 0 radical (unpaired) electrons. The van der Waals surface area contributed by atoms with Gasteiger partial charge in [0.15, 0.2) is 0 Å². The third kappa shape index (κ3) is 2.41. The number of nitrogens with zero attached hydrogens (tertiary/aromatic N) is 1. The maximum Gasteiger partial charge on any atom is 0.354 e. The van der Waals surface area contributed by atoms with Gasteiger partial charge in [0, 0.05) is 6.20 Å². The topological polar surface area (TPSA) is 102 Å². The predicted molar refractivity (Wildman–Crippen MR) is 46.4 cm³/mol. The second-order valence-corrected chi connectivity index (χ2v) is 3.78. The Hall–Kier alpha value is -1.63. The average molecular weight is 201 g/mol. The number of sulfonamides is 1. The first-order valence-electron chi connectivity index (χ1n) is 3.24. The Kier molecular flexibility index (Phi) is 2.47. The zero-order chi connectivity index (χ0) is 9.90. The lowest BCUT2D eigenvalue weighted by Gasteiger charge is -2.02. The molecule has 0 fully saturated rings. The molecule has 1 aromatic rings. The number of aromatic nitrogens is 1. The molecule has 0 saturated heterocycles. The fourth-order valence-corrected chi connectivity index (χ4v) is 1.16. The van der Waals surface area contributed by atoms with Gasteiger partial charge in [0.25, 0.3) is 0 Å². The monoisotopic (exact) mass is 201 g/mol. The zero-order valence-corrected chi connectivity index (χ0v) is 7.28. The van der Waals surface area contributed by atoms with Crippen LogP contribution in [0.3, 0.4) is 0 Å². The first kappa shape index (κ1) is 9.46. The maximum absolute atomic E-state index is 10.9. The predicted octanol–water partition coefficient (Wildman–Crippen LogP) is -0.0980. The molecule has 0 saturated carbocycles. The first-order chi connectivity index (χ1) is 6.02. The molecule has 7 heteroatoms. The van der Waals surface area contributed by atoms with Crippen LogP contribution in [0.15, 0.2) is 24.5 Å². The van der Waals surface area contributed by atoms with E-state index in [2.05, 4.69) is 10.7 Å². The summed E-state index contributed by atoms with van der Waals surface area (Å²) in [6, 6.07) is 2.98. The Morgan fingerprint density at radius 2 is 2.23 bits per heavy atom. The van der Waals surface area contributed by atoms with Crippen LogP contribution in [0, 0.1) is 0 Å². The molecule has 13 heavy (non-hydrogen) atoms. The van der Waals surface area contributed by atoms with Crippen molar-refractivity contribution in [1.29, 1.82) is 0 Å². The number of primary amides is 1. The fraction of sp³-hybridized carbons (Fsp3) is 0. The van der Waals surface area contributed by atoms with Gasteiger partial charge in [0.1, 0.15) is 0 Å². The Morgan fingerprint density at radius 3 is 2.69 bits per heavy atom. The van der Waals surface area contributed by atoms with Crippen molar-refractivity contribution in [3.8, 4) is 0 Å². The summed E-state index contributed by atoms with van der Waals surface area (Å²) < 4.78 is 23.7. The van der Waals surface area contributed by atoms with E-state index in [1.165, 1.54) is 24.5 Å². The number of nitrogens with one attached hydrogen (secondary N) is 1. The lowest BCUT2D eigenvalue weighted by Crippen LogP contribution is -2.28. The minimum atomic E-state index is -4.10. The Labute approximate surface area is 74.8 Å². The summed E-state index contributed by atoms with van der Waals surface area (Å²) in [6.45, 7) is 0. The summed E-state index contributed by atoms with van der Waals surface area (Å²) in [5.41, 5.74) is 4.80. The number of anilines is 1. The van der Waals surface area contributed by atoms with E-state index in [4.69, 9.17) is 0 Å². The number of carbonyl (C=O) groups excluding carboxylic acids is 1. The Morgan fingerprint density at radius 1 is 1.54 bits per heavy atom. The van der Waals surface area contributed by atoms with Crippen molar-refractivity contribution in [1.82, 2.24) is 4.98 Å². The quantitative estimate of drug-likeness (QED) is 0.697. The van der Waals surface area contributed by atoms with Crippen LogP contribution in [0.5, 0.6) is 0 Å². The van der Waals surface area contributed by atoms with Gasteiger partial charge in [0.2, 0.25) is 0 Å². The Bertz CT molecular complexity index is 400. The molecule has 0 unspecified atom stereocenters.